The molecule has 0 bridgehead atoms. The minimum Gasteiger partial charge on any atom is -0.292 e. The van der Waals surface area contributed by atoms with Gasteiger partial charge in [0, 0.05) is 27.5 Å². The summed E-state index contributed by atoms with van der Waals surface area (Å²) in [6.07, 6.45) is 4.66. The highest BCUT2D eigenvalue weighted by atomic mass is 79.9. The summed E-state index contributed by atoms with van der Waals surface area (Å²) in [5.74, 6) is 0. The van der Waals surface area contributed by atoms with Gasteiger partial charge >= 0.3 is 0 Å². The number of pyridine rings is 1. The molecule has 0 amide bonds. The number of halogens is 1. The molecule has 2 atom stereocenters. The summed E-state index contributed by atoms with van der Waals surface area (Å²) in [7, 11) is 0. The standard InChI is InChI=1S/C18H18BrN3O/c1-4-12-5-6-21-17-15(9-20-22(12)17)16-13(11(3)19)7-10(2)8-14(16)18(21)23/h4,7-9,11-12H,1,5-6H2,2-3H3. The van der Waals surface area contributed by atoms with Gasteiger partial charge < -0.3 is 0 Å². The molecule has 23 heavy (non-hydrogen) atoms. The van der Waals surface area contributed by atoms with E-state index in [1.807, 2.05) is 34.5 Å². The van der Waals surface area contributed by atoms with Crippen LogP contribution in [0.2, 0.25) is 0 Å². The first kappa shape index (κ1) is 14.7. The fourth-order valence-corrected chi connectivity index (χ4v) is 4.05. The molecule has 3 heterocycles. The third-order valence-corrected chi connectivity index (χ3v) is 5.24. The van der Waals surface area contributed by atoms with E-state index in [0.29, 0.717) is 6.54 Å². The lowest BCUT2D eigenvalue weighted by molar-refractivity contribution is 0.432. The Bertz CT molecular complexity index is 1010. The van der Waals surface area contributed by atoms with Gasteiger partial charge in [-0.15, -0.1) is 6.58 Å². The van der Waals surface area contributed by atoms with Crippen molar-refractivity contribution in [2.24, 2.45) is 0 Å². The van der Waals surface area contributed by atoms with Crippen LogP contribution in [0.1, 0.15) is 35.3 Å². The van der Waals surface area contributed by atoms with Crippen LogP contribution in [0, 0.1) is 6.92 Å². The number of benzene rings is 1. The van der Waals surface area contributed by atoms with Crippen molar-refractivity contribution < 1.29 is 0 Å². The predicted octanol–water partition coefficient (Wildman–Crippen LogP) is 4.25. The summed E-state index contributed by atoms with van der Waals surface area (Å²) in [6.45, 7) is 8.75. The highest BCUT2D eigenvalue weighted by Crippen LogP contribution is 2.36. The van der Waals surface area contributed by atoms with Crippen LogP contribution in [0.3, 0.4) is 0 Å². The molecule has 3 aromatic rings. The second kappa shape index (κ2) is 5.06. The maximum absolute atomic E-state index is 13.1. The van der Waals surface area contributed by atoms with Crippen molar-refractivity contribution in [1.82, 2.24) is 14.3 Å². The zero-order valence-electron chi connectivity index (χ0n) is 13.2. The van der Waals surface area contributed by atoms with Gasteiger partial charge in [0.2, 0.25) is 0 Å². The average Bonchev–Trinajstić information content (AvgIpc) is 2.96. The number of hydrogen-bond acceptors (Lipinski definition) is 2. The average molecular weight is 372 g/mol. The molecule has 0 saturated heterocycles. The molecule has 0 saturated carbocycles. The van der Waals surface area contributed by atoms with Crippen molar-refractivity contribution in [2.75, 3.05) is 0 Å². The lowest BCUT2D eigenvalue weighted by Gasteiger charge is -2.24. The van der Waals surface area contributed by atoms with Gasteiger partial charge in [-0.2, -0.15) is 5.10 Å². The number of aryl methyl sites for hydroxylation is 2. The number of nitrogens with zero attached hydrogens (tertiary/aromatic N) is 3. The first-order valence-electron chi connectivity index (χ1n) is 7.84. The van der Waals surface area contributed by atoms with Crippen LogP contribution >= 0.6 is 15.9 Å². The molecular weight excluding hydrogens is 354 g/mol. The number of rotatable bonds is 2. The third kappa shape index (κ3) is 1.96. The Morgan fingerprint density at radius 1 is 1.43 bits per heavy atom. The van der Waals surface area contributed by atoms with Crippen molar-refractivity contribution in [3.8, 4) is 0 Å². The van der Waals surface area contributed by atoms with Crippen molar-refractivity contribution >= 4 is 37.7 Å². The Labute approximate surface area is 142 Å². The number of allylic oxidation sites excluding steroid dienone is 1. The lowest BCUT2D eigenvalue weighted by atomic mass is 9.98. The maximum atomic E-state index is 13.1. The van der Waals surface area contributed by atoms with Crippen molar-refractivity contribution in [3.05, 3.63) is 52.5 Å². The monoisotopic (exact) mass is 371 g/mol. The summed E-state index contributed by atoms with van der Waals surface area (Å²) in [6, 6.07) is 4.30. The second-order valence-electron chi connectivity index (χ2n) is 6.27. The van der Waals surface area contributed by atoms with Gasteiger partial charge in [0.05, 0.1) is 12.2 Å². The van der Waals surface area contributed by atoms with Crippen molar-refractivity contribution in [1.29, 1.82) is 0 Å². The Kier molecular flexibility index (Phi) is 3.23. The molecule has 0 radical (unpaired) electrons. The molecule has 0 fully saturated rings. The zero-order valence-corrected chi connectivity index (χ0v) is 14.8. The summed E-state index contributed by atoms with van der Waals surface area (Å²) in [5.41, 5.74) is 3.24. The Hall–Kier alpha value is -1.88. The number of hydrogen-bond donors (Lipinski definition) is 0. The molecule has 4 rings (SSSR count). The van der Waals surface area contributed by atoms with Crippen LogP contribution in [0.4, 0.5) is 0 Å². The maximum Gasteiger partial charge on any atom is 0.260 e. The molecule has 4 nitrogen and oxygen atoms in total. The van der Waals surface area contributed by atoms with Gasteiger partial charge in [-0.1, -0.05) is 28.1 Å². The van der Waals surface area contributed by atoms with Crippen LogP contribution in [-0.2, 0) is 6.54 Å². The van der Waals surface area contributed by atoms with Gasteiger partial charge in [-0.25, -0.2) is 4.68 Å². The minimum absolute atomic E-state index is 0.0786. The summed E-state index contributed by atoms with van der Waals surface area (Å²) in [5, 5.41) is 7.42. The van der Waals surface area contributed by atoms with Crippen molar-refractivity contribution in [3.63, 3.8) is 0 Å². The Morgan fingerprint density at radius 3 is 2.91 bits per heavy atom. The molecular formula is C18H18BrN3O. The van der Waals surface area contributed by atoms with Crippen LogP contribution in [0.25, 0.3) is 21.8 Å². The summed E-state index contributed by atoms with van der Waals surface area (Å²) >= 11 is 3.68. The molecule has 5 heteroatoms. The molecule has 0 aliphatic carbocycles. The predicted molar refractivity (Wildman–Crippen MR) is 97.4 cm³/mol. The van der Waals surface area contributed by atoms with Crippen LogP contribution < -0.4 is 5.56 Å². The first-order chi connectivity index (χ1) is 11.0. The van der Waals surface area contributed by atoms with E-state index in [1.165, 1.54) is 0 Å². The molecule has 2 unspecified atom stereocenters. The Balaban J connectivity index is 2.27. The Morgan fingerprint density at radius 2 is 2.22 bits per heavy atom. The molecule has 2 aromatic heterocycles. The summed E-state index contributed by atoms with van der Waals surface area (Å²) < 4.78 is 3.81. The molecule has 0 N–H and O–H groups in total. The van der Waals surface area contributed by atoms with Gasteiger partial charge in [0.15, 0.2) is 0 Å². The molecule has 0 spiro atoms. The van der Waals surface area contributed by atoms with Crippen LogP contribution in [0.15, 0.2) is 35.8 Å². The number of aromatic nitrogens is 3. The normalized spacial score (nSPS) is 18.5. The van der Waals surface area contributed by atoms with Crippen LogP contribution in [-0.4, -0.2) is 14.3 Å². The number of alkyl halides is 1. The highest BCUT2D eigenvalue weighted by molar-refractivity contribution is 9.09. The fourth-order valence-electron chi connectivity index (χ4n) is 3.69. The van der Waals surface area contributed by atoms with E-state index in [0.717, 1.165) is 39.4 Å². The van der Waals surface area contributed by atoms with E-state index in [1.54, 1.807) is 0 Å². The van der Waals surface area contributed by atoms with Crippen molar-refractivity contribution in [2.45, 2.75) is 37.7 Å². The van der Waals surface area contributed by atoms with E-state index in [4.69, 9.17) is 0 Å². The molecule has 1 aliphatic rings. The van der Waals surface area contributed by atoms with Gasteiger partial charge in [0.1, 0.15) is 5.65 Å². The molecule has 1 aromatic carbocycles. The largest absolute Gasteiger partial charge is 0.292 e. The van der Waals surface area contributed by atoms with E-state index < -0.39 is 0 Å². The summed E-state index contributed by atoms with van der Waals surface area (Å²) in [4.78, 5) is 13.2. The smallest absolute Gasteiger partial charge is 0.260 e. The fraction of sp³-hybridized carbons (Fsp3) is 0.333. The minimum atomic E-state index is 0.0786. The molecule has 1 aliphatic heterocycles. The van der Waals surface area contributed by atoms with E-state index >= 15 is 0 Å². The van der Waals surface area contributed by atoms with Crippen LogP contribution in [0.5, 0.6) is 0 Å². The first-order valence-corrected chi connectivity index (χ1v) is 8.75. The lowest BCUT2D eigenvalue weighted by Crippen LogP contribution is -2.29. The van der Waals surface area contributed by atoms with Gasteiger partial charge in [-0.3, -0.25) is 9.36 Å². The molecule has 118 valence electrons. The quantitative estimate of drug-likeness (QED) is 0.499. The highest BCUT2D eigenvalue weighted by Gasteiger charge is 2.25. The topological polar surface area (TPSA) is 39.8 Å². The second-order valence-corrected chi connectivity index (χ2v) is 7.64. The van der Waals surface area contributed by atoms with E-state index in [9.17, 15) is 4.79 Å². The SMILES string of the molecule is C=CC1CCn2c(=O)c3cc(C)cc(C(C)Br)c3c3cnn1c32. The third-order valence-electron chi connectivity index (χ3n) is 4.75. The van der Waals surface area contributed by atoms with E-state index in [-0.39, 0.29) is 16.4 Å². The van der Waals surface area contributed by atoms with Gasteiger partial charge in [0.25, 0.3) is 5.56 Å². The number of fused-ring (bicyclic) bond motifs is 2. The zero-order chi connectivity index (χ0) is 16.3. The van der Waals surface area contributed by atoms with E-state index in [2.05, 4.69) is 40.6 Å². The van der Waals surface area contributed by atoms with Gasteiger partial charge in [-0.05, 0) is 37.5 Å².